The Morgan fingerprint density at radius 2 is 1.59 bits per heavy atom. The third-order valence-corrected chi connectivity index (χ3v) is 5.80. The molecule has 3 aromatic rings. The van der Waals surface area contributed by atoms with Crippen LogP contribution in [0.1, 0.15) is 44.1 Å². The first kappa shape index (κ1) is 18.1. The molecular formula is C23H24F3N. The van der Waals surface area contributed by atoms with Crippen molar-refractivity contribution in [1.29, 1.82) is 0 Å². The highest BCUT2D eigenvalue weighted by Gasteiger charge is 2.29. The molecule has 0 unspecified atom stereocenters. The normalized spacial score (nSPS) is 15.7. The van der Waals surface area contributed by atoms with Crippen LogP contribution in [-0.2, 0) is 12.7 Å². The number of fused-ring (bicyclic) bond motifs is 1. The molecule has 4 heteroatoms. The van der Waals surface area contributed by atoms with Gasteiger partial charge in [-0.15, -0.1) is 0 Å². The predicted octanol–water partition coefficient (Wildman–Crippen LogP) is 7.30. The molecule has 1 aliphatic carbocycles. The minimum Gasteiger partial charge on any atom is -0.347 e. The molecule has 0 atom stereocenters. The van der Waals surface area contributed by atoms with Gasteiger partial charge in [0.25, 0.3) is 0 Å². The first-order valence-electron chi connectivity index (χ1n) is 9.77. The largest absolute Gasteiger partial charge is 0.416 e. The van der Waals surface area contributed by atoms with Gasteiger partial charge in [-0.1, -0.05) is 43.9 Å². The Balaban J connectivity index is 1.48. The second-order valence-electron chi connectivity index (χ2n) is 7.65. The van der Waals surface area contributed by atoms with Crippen molar-refractivity contribution >= 4 is 10.9 Å². The molecule has 1 fully saturated rings. The van der Waals surface area contributed by atoms with E-state index in [1.165, 1.54) is 44.0 Å². The Morgan fingerprint density at radius 1 is 0.889 bits per heavy atom. The van der Waals surface area contributed by atoms with Crippen LogP contribution in [0.2, 0.25) is 0 Å². The fourth-order valence-electron chi connectivity index (χ4n) is 4.28. The van der Waals surface area contributed by atoms with Crippen LogP contribution in [0.25, 0.3) is 22.0 Å². The van der Waals surface area contributed by atoms with Gasteiger partial charge in [-0.3, -0.25) is 0 Å². The van der Waals surface area contributed by atoms with Crippen molar-refractivity contribution in [1.82, 2.24) is 4.57 Å². The van der Waals surface area contributed by atoms with Crippen LogP contribution in [0.3, 0.4) is 0 Å². The summed E-state index contributed by atoms with van der Waals surface area (Å²) in [6.45, 7) is 1.03. The number of aromatic nitrogens is 1. The van der Waals surface area contributed by atoms with E-state index in [-0.39, 0.29) is 0 Å². The molecule has 1 heterocycles. The quantitative estimate of drug-likeness (QED) is 0.443. The fraction of sp³-hybridized carbons (Fsp3) is 0.391. The SMILES string of the molecule is FC(F)(F)c1ccc(-c2ccc3c(ccn3CCCC3CCCC3)c2)cc1. The summed E-state index contributed by atoms with van der Waals surface area (Å²) >= 11 is 0. The zero-order valence-corrected chi connectivity index (χ0v) is 15.3. The molecular weight excluding hydrogens is 347 g/mol. The summed E-state index contributed by atoms with van der Waals surface area (Å²) < 4.78 is 40.5. The van der Waals surface area contributed by atoms with Gasteiger partial charge < -0.3 is 4.57 Å². The predicted molar refractivity (Wildman–Crippen MR) is 104 cm³/mol. The number of benzene rings is 2. The van der Waals surface area contributed by atoms with E-state index in [0.29, 0.717) is 0 Å². The fourth-order valence-corrected chi connectivity index (χ4v) is 4.28. The molecule has 1 aliphatic rings. The van der Waals surface area contributed by atoms with Crippen LogP contribution >= 0.6 is 0 Å². The standard InChI is InChI=1S/C23H24F3N/c24-23(25,26)21-10-7-18(8-11-21)19-9-12-22-20(16-19)13-15-27(22)14-3-6-17-4-1-2-5-17/h7-13,15-17H,1-6,14H2. The van der Waals surface area contributed by atoms with E-state index >= 15 is 0 Å². The van der Waals surface area contributed by atoms with Crippen molar-refractivity contribution in [3.05, 3.63) is 60.3 Å². The van der Waals surface area contributed by atoms with Gasteiger partial charge in [-0.25, -0.2) is 0 Å². The highest BCUT2D eigenvalue weighted by atomic mass is 19.4. The van der Waals surface area contributed by atoms with Gasteiger partial charge in [-0.05, 0) is 60.2 Å². The number of hydrogen-bond donors (Lipinski definition) is 0. The molecule has 2 aromatic carbocycles. The molecule has 1 saturated carbocycles. The van der Waals surface area contributed by atoms with Crippen LogP contribution in [0.5, 0.6) is 0 Å². The summed E-state index contributed by atoms with van der Waals surface area (Å²) in [7, 11) is 0. The Bertz CT molecular complexity index is 900. The minimum absolute atomic E-state index is 0.610. The van der Waals surface area contributed by atoms with E-state index in [2.05, 4.69) is 29.0 Å². The zero-order valence-electron chi connectivity index (χ0n) is 15.3. The van der Waals surface area contributed by atoms with Crippen molar-refractivity contribution in [2.45, 2.75) is 51.2 Å². The lowest BCUT2D eigenvalue weighted by Crippen LogP contribution is -2.03. The van der Waals surface area contributed by atoms with E-state index in [4.69, 9.17) is 0 Å². The molecule has 1 aromatic heterocycles. The minimum atomic E-state index is -4.29. The maximum atomic E-state index is 12.7. The second kappa shape index (κ2) is 7.41. The van der Waals surface area contributed by atoms with Crippen LogP contribution in [-0.4, -0.2) is 4.57 Å². The van der Waals surface area contributed by atoms with Gasteiger partial charge in [0.05, 0.1) is 5.56 Å². The summed E-state index contributed by atoms with van der Waals surface area (Å²) in [5.41, 5.74) is 2.33. The van der Waals surface area contributed by atoms with Gasteiger partial charge in [0, 0.05) is 23.6 Å². The second-order valence-corrected chi connectivity index (χ2v) is 7.65. The highest BCUT2D eigenvalue weighted by Crippen LogP contribution is 2.32. The molecule has 4 rings (SSSR count). The van der Waals surface area contributed by atoms with Gasteiger partial charge in [0.2, 0.25) is 0 Å². The Labute approximate surface area is 157 Å². The first-order chi connectivity index (χ1) is 13.0. The van der Waals surface area contributed by atoms with Crippen molar-refractivity contribution in [3.8, 4) is 11.1 Å². The van der Waals surface area contributed by atoms with Gasteiger partial charge >= 0.3 is 6.18 Å². The number of aryl methyl sites for hydroxylation is 1. The molecule has 0 radical (unpaired) electrons. The van der Waals surface area contributed by atoms with E-state index in [9.17, 15) is 13.2 Å². The summed E-state index contributed by atoms with van der Waals surface area (Å²) in [6, 6.07) is 13.6. The summed E-state index contributed by atoms with van der Waals surface area (Å²) in [4.78, 5) is 0. The molecule has 1 nitrogen and oxygen atoms in total. The summed E-state index contributed by atoms with van der Waals surface area (Å²) in [5.74, 6) is 0.915. The Kier molecular flexibility index (Phi) is 4.98. The van der Waals surface area contributed by atoms with E-state index in [1.54, 1.807) is 12.1 Å². The lowest BCUT2D eigenvalue weighted by Gasteiger charge is -2.10. The highest BCUT2D eigenvalue weighted by molar-refractivity contribution is 5.85. The number of hydrogen-bond acceptors (Lipinski definition) is 0. The molecule has 0 spiro atoms. The molecule has 0 bridgehead atoms. The lowest BCUT2D eigenvalue weighted by molar-refractivity contribution is -0.137. The van der Waals surface area contributed by atoms with Crippen molar-refractivity contribution in [2.75, 3.05) is 0 Å². The van der Waals surface area contributed by atoms with Crippen LogP contribution in [0.15, 0.2) is 54.7 Å². The van der Waals surface area contributed by atoms with E-state index in [1.807, 2.05) is 6.07 Å². The molecule has 27 heavy (non-hydrogen) atoms. The van der Waals surface area contributed by atoms with Gasteiger partial charge in [-0.2, -0.15) is 13.2 Å². The zero-order chi connectivity index (χ0) is 18.9. The molecule has 0 aliphatic heterocycles. The topological polar surface area (TPSA) is 4.93 Å². The number of nitrogens with zero attached hydrogens (tertiary/aromatic N) is 1. The van der Waals surface area contributed by atoms with Crippen LogP contribution in [0.4, 0.5) is 13.2 Å². The maximum Gasteiger partial charge on any atom is 0.416 e. The molecule has 142 valence electrons. The van der Waals surface area contributed by atoms with E-state index in [0.717, 1.165) is 41.1 Å². The summed E-state index contributed by atoms with van der Waals surface area (Å²) in [6.07, 6.45) is 5.91. The average Bonchev–Trinajstić information content (AvgIpc) is 3.31. The Hall–Kier alpha value is -2.23. The number of rotatable bonds is 5. The third kappa shape index (κ3) is 4.05. The molecule has 0 N–H and O–H groups in total. The summed E-state index contributed by atoms with van der Waals surface area (Å²) in [5, 5.41) is 1.13. The molecule has 0 saturated heterocycles. The van der Waals surface area contributed by atoms with Crippen LogP contribution in [0, 0.1) is 5.92 Å². The lowest BCUT2D eigenvalue weighted by atomic mass is 10.0. The first-order valence-corrected chi connectivity index (χ1v) is 9.77. The number of halogens is 3. The smallest absolute Gasteiger partial charge is 0.347 e. The Morgan fingerprint density at radius 3 is 2.30 bits per heavy atom. The van der Waals surface area contributed by atoms with E-state index < -0.39 is 11.7 Å². The monoisotopic (exact) mass is 371 g/mol. The van der Waals surface area contributed by atoms with Crippen molar-refractivity contribution < 1.29 is 13.2 Å². The average molecular weight is 371 g/mol. The van der Waals surface area contributed by atoms with Crippen LogP contribution < -0.4 is 0 Å². The molecule has 0 amide bonds. The van der Waals surface area contributed by atoms with Crippen molar-refractivity contribution in [2.24, 2.45) is 5.92 Å². The maximum absolute atomic E-state index is 12.7. The number of alkyl halides is 3. The van der Waals surface area contributed by atoms with Gasteiger partial charge in [0.15, 0.2) is 0 Å². The van der Waals surface area contributed by atoms with Gasteiger partial charge in [0.1, 0.15) is 0 Å². The third-order valence-electron chi connectivity index (χ3n) is 5.80. The van der Waals surface area contributed by atoms with Crippen molar-refractivity contribution in [3.63, 3.8) is 0 Å².